The first-order valence-electron chi connectivity index (χ1n) is 7.02. The number of sulfone groups is 1. The first kappa shape index (κ1) is 15.4. The summed E-state index contributed by atoms with van der Waals surface area (Å²) in [5, 5.41) is 2.70. The van der Waals surface area contributed by atoms with Crippen molar-refractivity contribution in [3.05, 3.63) is 34.6 Å². The van der Waals surface area contributed by atoms with Gasteiger partial charge in [-0.3, -0.25) is 0 Å². The molecule has 2 rings (SSSR count). The number of nitrogens with one attached hydrogen (secondary N) is 1. The average molecular weight is 299 g/mol. The van der Waals surface area contributed by atoms with Crippen molar-refractivity contribution in [3.8, 4) is 0 Å². The standard InChI is InChI=1S/C15H22FNO2S/c1-10-8-12(9-11(2)14(10)16)15(17-3)13-6-4-5-7-20(13,18)19/h8-9,13,15,17H,4-7H2,1-3H3. The maximum Gasteiger partial charge on any atom is 0.155 e. The van der Waals surface area contributed by atoms with Gasteiger partial charge in [0.1, 0.15) is 5.82 Å². The Bertz CT molecular complexity index is 575. The van der Waals surface area contributed by atoms with Crippen molar-refractivity contribution < 1.29 is 12.8 Å². The Morgan fingerprint density at radius 1 is 1.25 bits per heavy atom. The summed E-state index contributed by atoms with van der Waals surface area (Å²) in [6.07, 6.45) is 2.35. The van der Waals surface area contributed by atoms with Crippen molar-refractivity contribution in [2.45, 2.75) is 44.4 Å². The minimum absolute atomic E-state index is 0.213. The third kappa shape index (κ3) is 2.88. The number of hydrogen-bond donors (Lipinski definition) is 1. The third-order valence-corrected chi connectivity index (χ3v) is 6.42. The Morgan fingerprint density at radius 2 is 1.85 bits per heavy atom. The van der Waals surface area contributed by atoms with E-state index in [-0.39, 0.29) is 17.6 Å². The molecule has 1 aliphatic rings. The molecule has 3 nitrogen and oxygen atoms in total. The minimum Gasteiger partial charge on any atom is -0.312 e. The maximum atomic E-state index is 13.7. The summed E-state index contributed by atoms with van der Waals surface area (Å²) in [6, 6.07) is 3.25. The first-order chi connectivity index (χ1) is 9.36. The van der Waals surface area contributed by atoms with E-state index in [1.807, 2.05) is 0 Å². The number of halogens is 1. The van der Waals surface area contributed by atoms with Crippen LogP contribution in [0.15, 0.2) is 12.1 Å². The molecule has 1 aromatic rings. The van der Waals surface area contributed by atoms with E-state index < -0.39 is 15.1 Å². The molecule has 0 saturated carbocycles. The largest absolute Gasteiger partial charge is 0.312 e. The molecule has 20 heavy (non-hydrogen) atoms. The molecule has 0 aromatic heterocycles. The third-order valence-electron chi connectivity index (χ3n) is 4.13. The molecule has 112 valence electrons. The smallest absolute Gasteiger partial charge is 0.155 e. The van der Waals surface area contributed by atoms with Crippen LogP contribution in [0.4, 0.5) is 4.39 Å². The van der Waals surface area contributed by atoms with Gasteiger partial charge in [-0.1, -0.05) is 18.6 Å². The summed E-state index contributed by atoms with van der Waals surface area (Å²) in [4.78, 5) is 0. The summed E-state index contributed by atoms with van der Waals surface area (Å²) in [7, 11) is -1.31. The van der Waals surface area contributed by atoms with E-state index in [2.05, 4.69) is 5.32 Å². The molecule has 1 N–H and O–H groups in total. The fraction of sp³-hybridized carbons (Fsp3) is 0.600. The highest BCUT2D eigenvalue weighted by Gasteiger charge is 2.35. The molecule has 1 aliphatic heterocycles. The molecular formula is C15H22FNO2S. The zero-order valence-electron chi connectivity index (χ0n) is 12.2. The lowest BCUT2D eigenvalue weighted by molar-refractivity contribution is 0.468. The highest BCUT2D eigenvalue weighted by molar-refractivity contribution is 7.92. The average Bonchev–Trinajstić information content (AvgIpc) is 2.38. The zero-order valence-corrected chi connectivity index (χ0v) is 13.1. The van der Waals surface area contributed by atoms with Crippen LogP contribution in [0.3, 0.4) is 0 Å². The summed E-state index contributed by atoms with van der Waals surface area (Å²) >= 11 is 0. The number of hydrogen-bond acceptors (Lipinski definition) is 3. The fourth-order valence-corrected chi connectivity index (χ4v) is 5.22. The van der Waals surface area contributed by atoms with Crippen molar-refractivity contribution in [2.75, 3.05) is 12.8 Å². The highest BCUT2D eigenvalue weighted by atomic mass is 32.2. The Morgan fingerprint density at radius 3 is 2.35 bits per heavy atom. The highest BCUT2D eigenvalue weighted by Crippen LogP contribution is 2.32. The SMILES string of the molecule is CNC(c1cc(C)c(F)c(C)c1)C1CCCCS1(=O)=O. The van der Waals surface area contributed by atoms with Crippen LogP contribution in [0, 0.1) is 19.7 Å². The summed E-state index contributed by atoms with van der Waals surface area (Å²) in [6.45, 7) is 3.43. The van der Waals surface area contributed by atoms with Gasteiger partial charge in [0, 0.05) is 6.04 Å². The Hall–Kier alpha value is -0.940. The second kappa shape index (κ2) is 5.82. The summed E-state index contributed by atoms with van der Waals surface area (Å²) < 4.78 is 38.3. The van der Waals surface area contributed by atoms with Gasteiger partial charge in [-0.15, -0.1) is 0 Å². The van der Waals surface area contributed by atoms with Gasteiger partial charge in [0.25, 0.3) is 0 Å². The van der Waals surface area contributed by atoms with E-state index in [1.54, 1.807) is 33.0 Å². The number of benzene rings is 1. The van der Waals surface area contributed by atoms with Gasteiger partial charge in [-0.25, -0.2) is 12.8 Å². The molecule has 0 radical (unpaired) electrons. The Balaban J connectivity index is 2.42. The van der Waals surface area contributed by atoms with Crippen molar-refractivity contribution in [1.82, 2.24) is 5.32 Å². The second-order valence-electron chi connectivity index (χ2n) is 5.64. The lowest BCUT2D eigenvalue weighted by atomic mass is 9.96. The van der Waals surface area contributed by atoms with Crippen LogP contribution < -0.4 is 5.32 Å². The normalized spacial score (nSPS) is 23.5. The predicted octanol–water partition coefficient (Wildman–Crippen LogP) is 2.67. The molecule has 1 aromatic carbocycles. The molecule has 2 atom stereocenters. The molecular weight excluding hydrogens is 277 g/mol. The van der Waals surface area contributed by atoms with Gasteiger partial charge in [0.05, 0.1) is 11.0 Å². The molecule has 0 amide bonds. The molecule has 0 spiro atoms. The van der Waals surface area contributed by atoms with Crippen LogP contribution in [0.2, 0.25) is 0 Å². The van der Waals surface area contributed by atoms with E-state index in [0.29, 0.717) is 17.5 Å². The van der Waals surface area contributed by atoms with Gasteiger partial charge in [-0.2, -0.15) is 0 Å². The minimum atomic E-state index is -3.08. The van der Waals surface area contributed by atoms with Crippen molar-refractivity contribution in [1.29, 1.82) is 0 Å². The summed E-state index contributed by atoms with van der Waals surface area (Å²) in [5.74, 6) is 0.0461. The van der Waals surface area contributed by atoms with Crippen LogP contribution >= 0.6 is 0 Å². The number of aryl methyl sites for hydroxylation is 2. The molecule has 1 heterocycles. The van der Waals surface area contributed by atoms with Gasteiger partial charge in [0.2, 0.25) is 0 Å². The topological polar surface area (TPSA) is 46.2 Å². The molecule has 5 heteroatoms. The van der Waals surface area contributed by atoms with Gasteiger partial charge < -0.3 is 5.32 Å². The van der Waals surface area contributed by atoms with Crippen LogP contribution in [0.5, 0.6) is 0 Å². The summed E-state index contributed by atoms with van der Waals surface area (Å²) in [5.41, 5.74) is 1.99. The van der Waals surface area contributed by atoms with E-state index >= 15 is 0 Å². The lowest BCUT2D eigenvalue weighted by Gasteiger charge is -2.30. The van der Waals surface area contributed by atoms with Gasteiger partial charge >= 0.3 is 0 Å². The maximum absolute atomic E-state index is 13.7. The molecule has 2 unspecified atom stereocenters. The van der Waals surface area contributed by atoms with Gasteiger partial charge in [-0.05, 0) is 50.4 Å². The Kier molecular flexibility index (Phi) is 4.49. The van der Waals surface area contributed by atoms with Crippen LogP contribution in [0.25, 0.3) is 0 Å². The van der Waals surface area contributed by atoms with E-state index in [9.17, 15) is 12.8 Å². The molecule has 0 aliphatic carbocycles. The van der Waals surface area contributed by atoms with Crippen LogP contribution in [-0.2, 0) is 9.84 Å². The van der Waals surface area contributed by atoms with E-state index in [0.717, 1.165) is 18.4 Å². The van der Waals surface area contributed by atoms with Crippen LogP contribution in [-0.4, -0.2) is 26.5 Å². The van der Waals surface area contributed by atoms with Crippen LogP contribution in [0.1, 0.15) is 42.0 Å². The predicted molar refractivity (Wildman–Crippen MR) is 79.1 cm³/mol. The van der Waals surface area contributed by atoms with E-state index in [4.69, 9.17) is 0 Å². The Labute approximate surface area is 120 Å². The monoisotopic (exact) mass is 299 g/mol. The van der Waals surface area contributed by atoms with E-state index in [1.165, 1.54) is 0 Å². The fourth-order valence-electron chi connectivity index (χ4n) is 3.08. The van der Waals surface area contributed by atoms with Gasteiger partial charge in [0.15, 0.2) is 9.84 Å². The lowest BCUT2D eigenvalue weighted by Crippen LogP contribution is -2.39. The second-order valence-corrected chi connectivity index (χ2v) is 7.98. The number of rotatable bonds is 3. The van der Waals surface area contributed by atoms with Crippen molar-refractivity contribution in [2.24, 2.45) is 0 Å². The molecule has 1 saturated heterocycles. The molecule has 1 fully saturated rings. The zero-order chi connectivity index (χ0) is 14.9. The van der Waals surface area contributed by atoms with Crippen molar-refractivity contribution >= 4 is 9.84 Å². The van der Waals surface area contributed by atoms with Crippen molar-refractivity contribution in [3.63, 3.8) is 0 Å². The quantitative estimate of drug-likeness (QED) is 0.933. The molecule has 0 bridgehead atoms. The first-order valence-corrected chi connectivity index (χ1v) is 8.74.